The fourth-order valence-corrected chi connectivity index (χ4v) is 3.29. The van der Waals surface area contributed by atoms with E-state index in [4.69, 9.17) is 9.47 Å². The summed E-state index contributed by atoms with van der Waals surface area (Å²) in [5, 5.41) is 3.33. The molecule has 1 saturated carbocycles. The predicted molar refractivity (Wildman–Crippen MR) is 86.2 cm³/mol. The van der Waals surface area contributed by atoms with Gasteiger partial charge in [-0.3, -0.25) is 9.59 Å². The van der Waals surface area contributed by atoms with Gasteiger partial charge in [-0.1, -0.05) is 0 Å². The summed E-state index contributed by atoms with van der Waals surface area (Å²) in [5.41, 5.74) is 1.32. The van der Waals surface area contributed by atoms with Gasteiger partial charge in [-0.15, -0.1) is 0 Å². The maximum atomic E-state index is 10.9. The maximum absolute atomic E-state index is 10.9. The van der Waals surface area contributed by atoms with Crippen molar-refractivity contribution in [3.63, 3.8) is 0 Å². The van der Waals surface area contributed by atoms with Crippen LogP contribution >= 0.6 is 0 Å². The summed E-state index contributed by atoms with van der Waals surface area (Å²) < 4.78 is 11.5. The molecule has 1 spiro atoms. The van der Waals surface area contributed by atoms with Crippen molar-refractivity contribution < 1.29 is 19.1 Å². The predicted octanol–water partition coefficient (Wildman–Crippen LogP) is 2.24. The topological polar surface area (TPSA) is 64.6 Å². The number of carbonyl (C=O) groups is 2. The van der Waals surface area contributed by atoms with E-state index in [1.54, 1.807) is 18.2 Å². The smallest absolute Gasteiger partial charge is 0.150 e. The van der Waals surface area contributed by atoms with Crippen LogP contribution < -0.4 is 10.1 Å². The minimum Gasteiger partial charge on any atom is -0.494 e. The van der Waals surface area contributed by atoms with Crippen molar-refractivity contribution in [3.05, 3.63) is 29.3 Å². The van der Waals surface area contributed by atoms with Crippen LogP contribution in [0.4, 0.5) is 0 Å². The zero-order valence-electron chi connectivity index (χ0n) is 13.3. The Morgan fingerprint density at radius 3 is 2.48 bits per heavy atom. The Bertz CT molecular complexity index is 560. The van der Waals surface area contributed by atoms with Gasteiger partial charge in [0.15, 0.2) is 12.6 Å². The van der Waals surface area contributed by atoms with Crippen molar-refractivity contribution in [1.82, 2.24) is 5.32 Å². The highest BCUT2D eigenvalue weighted by Gasteiger charge is 2.48. The first-order chi connectivity index (χ1) is 11.2. The second-order valence-corrected chi connectivity index (χ2v) is 6.59. The highest BCUT2D eigenvalue weighted by atomic mass is 16.5. The molecule has 5 heteroatoms. The van der Waals surface area contributed by atoms with Gasteiger partial charge < -0.3 is 14.8 Å². The Morgan fingerprint density at radius 2 is 1.83 bits per heavy atom. The number of rotatable bonds is 9. The molecule has 0 amide bonds. The summed E-state index contributed by atoms with van der Waals surface area (Å²) in [7, 11) is 0. The largest absolute Gasteiger partial charge is 0.494 e. The van der Waals surface area contributed by atoms with Crippen LogP contribution in [-0.4, -0.2) is 45.0 Å². The first-order valence-electron chi connectivity index (χ1n) is 8.24. The van der Waals surface area contributed by atoms with Gasteiger partial charge in [0.2, 0.25) is 0 Å². The monoisotopic (exact) mass is 317 g/mol. The van der Waals surface area contributed by atoms with E-state index in [1.165, 1.54) is 12.8 Å². The van der Waals surface area contributed by atoms with Gasteiger partial charge in [-0.05, 0) is 43.9 Å². The van der Waals surface area contributed by atoms with Gasteiger partial charge in [0.25, 0.3) is 0 Å². The average molecular weight is 317 g/mol. The Balaban J connectivity index is 1.28. The molecule has 0 atom stereocenters. The molecule has 23 heavy (non-hydrogen) atoms. The molecule has 1 N–H and O–H groups in total. The second kappa shape index (κ2) is 7.23. The van der Waals surface area contributed by atoms with Crippen LogP contribution in [-0.2, 0) is 4.74 Å². The molecule has 124 valence electrons. The lowest BCUT2D eigenvalue weighted by Gasteiger charge is -2.54. The van der Waals surface area contributed by atoms with E-state index in [0.29, 0.717) is 47.6 Å². The quantitative estimate of drug-likeness (QED) is 0.559. The highest BCUT2D eigenvalue weighted by Crippen LogP contribution is 2.45. The Labute approximate surface area is 136 Å². The fraction of sp³-hybridized carbons (Fsp3) is 0.556. The molecule has 0 unspecified atom stereocenters. The van der Waals surface area contributed by atoms with E-state index in [-0.39, 0.29) is 0 Å². The van der Waals surface area contributed by atoms with Gasteiger partial charge in [0, 0.05) is 36.2 Å². The molecule has 1 aliphatic carbocycles. The molecular formula is C18H23NO4. The van der Waals surface area contributed by atoms with Crippen molar-refractivity contribution >= 4 is 12.6 Å². The molecule has 0 aromatic heterocycles. The van der Waals surface area contributed by atoms with E-state index in [9.17, 15) is 9.59 Å². The van der Waals surface area contributed by atoms with Crippen molar-refractivity contribution in [3.8, 4) is 5.75 Å². The lowest BCUT2D eigenvalue weighted by atomic mass is 9.63. The molecule has 3 rings (SSSR count). The third-order valence-corrected chi connectivity index (χ3v) is 4.79. The molecular weight excluding hydrogens is 294 g/mol. The number of unbranched alkanes of at least 4 members (excludes halogenated alkanes) is 1. The number of hydrogen-bond acceptors (Lipinski definition) is 5. The maximum Gasteiger partial charge on any atom is 0.150 e. The summed E-state index contributed by atoms with van der Waals surface area (Å²) >= 11 is 0. The van der Waals surface area contributed by atoms with Crippen LogP contribution in [0.5, 0.6) is 5.75 Å². The summed E-state index contributed by atoms with van der Waals surface area (Å²) in [6.07, 6.45) is 6.08. The molecule has 0 bridgehead atoms. The Hall–Kier alpha value is -1.72. The Morgan fingerprint density at radius 1 is 1.09 bits per heavy atom. The van der Waals surface area contributed by atoms with Crippen molar-refractivity contribution in [2.24, 2.45) is 5.41 Å². The molecule has 1 aliphatic heterocycles. The van der Waals surface area contributed by atoms with Gasteiger partial charge in [-0.25, -0.2) is 0 Å². The fourth-order valence-electron chi connectivity index (χ4n) is 3.29. The van der Waals surface area contributed by atoms with Crippen LogP contribution in [0.3, 0.4) is 0 Å². The number of carbonyl (C=O) groups excluding carboxylic acids is 2. The van der Waals surface area contributed by atoms with Crippen LogP contribution in [0.15, 0.2) is 18.2 Å². The van der Waals surface area contributed by atoms with E-state index >= 15 is 0 Å². The first kappa shape index (κ1) is 16.1. The highest BCUT2D eigenvalue weighted by molar-refractivity contribution is 5.90. The zero-order chi connectivity index (χ0) is 16.1. The van der Waals surface area contributed by atoms with Crippen LogP contribution in [0, 0.1) is 5.41 Å². The van der Waals surface area contributed by atoms with Crippen LogP contribution in [0.2, 0.25) is 0 Å². The van der Waals surface area contributed by atoms with E-state index in [1.807, 2.05) is 0 Å². The SMILES string of the molecule is O=Cc1ccc(OCCCCOC2CC3(CNC3)C2)cc1C=O. The molecule has 2 fully saturated rings. The van der Waals surface area contributed by atoms with Gasteiger partial charge >= 0.3 is 0 Å². The minimum atomic E-state index is 0.366. The van der Waals surface area contributed by atoms with Crippen LogP contribution in [0.25, 0.3) is 0 Å². The number of hydrogen-bond donors (Lipinski definition) is 1. The summed E-state index contributed by atoms with van der Waals surface area (Å²) in [6.45, 7) is 3.68. The lowest BCUT2D eigenvalue weighted by Crippen LogP contribution is -2.62. The summed E-state index contributed by atoms with van der Waals surface area (Å²) in [4.78, 5) is 21.6. The van der Waals surface area contributed by atoms with Crippen molar-refractivity contribution in [1.29, 1.82) is 0 Å². The molecule has 1 aromatic rings. The van der Waals surface area contributed by atoms with Crippen molar-refractivity contribution in [2.45, 2.75) is 31.8 Å². The van der Waals surface area contributed by atoms with Gasteiger partial charge in [0.05, 0.1) is 12.7 Å². The third-order valence-electron chi connectivity index (χ3n) is 4.79. The molecule has 1 heterocycles. The number of ether oxygens (including phenoxy) is 2. The normalized spacial score (nSPS) is 19.0. The molecule has 1 saturated heterocycles. The average Bonchev–Trinajstić information content (AvgIpc) is 2.50. The van der Waals surface area contributed by atoms with Gasteiger partial charge in [-0.2, -0.15) is 0 Å². The lowest BCUT2D eigenvalue weighted by molar-refractivity contribution is -0.104. The standard InChI is InChI=1S/C18H23NO4/c20-10-14-3-4-16(7-15(14)11-21)22-5-1-2-6-23-17-8-18(9-17)12-19-13-18/h3-4,7,10-11,17,19H,1-2,5-6,8-9,12-13H2. The first-order valence-corrected chi connectivity index (χ1v) is 8.24. The third kappa shape index (κ3) is 3.79. The van der Waals surface area contributed by atoms with E-state index in [2.05, 4.69) is 5.32 Å². The number of benzene rings is 1. The van der Waals surface area contributed by atoms with Crippen LogP contribution in [0.1, 0.15) is 46.4 Å². The van der Waals surface area contributed by atoms with Gasteiger partial charge in [0.1, 0.15) is 5.75 Å². The number of aldehydes is 2. The Kier molecular flexibility index (Phi) is 5.08. The molecule has 2 aliphatic rings. The molecule has 0 radical (unpaired) electrons. The van der Waals surface area contributed by atoms with Crippen molar-refractivity contribution in [2.75, 3.05) is 26.3 Å². The summed E-state index contributed by atoms with van der Waals surface area (Å²) in [5.74, 6) is 0.622. The minimum absolute atomic E-state index is 0.366. The van der Waals surface area contributed by atoms with E-state index < -0.39 is 0 Å². The zero-order valence-corrected chi connectivity index (χ0v) is 13.3. The number of nitrogens with one attached hydrogen (secondary N) is 1. The second-order valence-electron chi connectivity index (χ2n) is 6.59. The molecule has 5 nitrogen and oxygen atoms in total. The molecule has 1 aromatic carbocycles. The van der Waals surface area contributed by atoms with E-state index in [0.717, 1.165) is 32.5 Å². The summed E-state index contributed by atoms with van der Waals surface area (Å²) in [6, 6.07) is 4.93.